The normalized spacial score (nSPS) is 23.9. The van der Waals surface area contributed by atoms with Crippen molar-refractivity contribution in [2.24, 2.45) is 5.92 Å². The molecular formula is C29H37Cl2NO3S. The molecule has 0 radical (unpaired) electrons. The average molecular weight is 551 g/mol. The van der Waals surface area contributed by atoms with Gasteiger partial charge < -0.3 is 9.64 Å². The molecule has 1 aliphatic heterocycles. The first-order chi connectivity index (χ1) is 17.0. The Morgan fingerprint density at radius 3 is 2.17 bits per heavy atom. The summed E-state index contributed by atoms with van der Waals surface area (Å²) in [4.78, 5) is 15.7. The van der Waals surface area contributed by atoms with Crippen LogP contribution in [0.1, 0.15) is 58.6 Å². The fourth-order valence-electron chi connectivity index (χ4n) is 4.31. The van der Waals surface area contributed by atoms with Gasteiger partial charge in [0.1, 0.15) is 5.60 Å². The molecule has 4 rings (SSSR count). The summed E-state index contributed by atoms with van der Waals surface area (Å²) in [7, 11) is -1.04. The molecule has 4 atom stereocenters. The number of amides is 1. The molecule has 196 valence electrons. The zero-order valence-electron chi connectivity index (χ0n) is 21.6. The van der Waals surface area contributed by atoms with Gasteiger partial charge in [0.05, 0.1) is 12.6 Å². The highest BCUT2D eigenvalue weighted by Crippen LogP contribution is 2.43. The molecule has 1 saturated heterocycles. The number of benzene rings is 2. The highest BCUT2D eigenvalue weighted by atomic mass is 35.5. The Hall–Kier alpha value is -1.66. The first-order valence-electron chi connectivity index (χ1n) is 12.4. The smallest absolute Gasteiger partial charge is 0.255 e. The van der Waals surface area contributed by atoms with E-state index < -0.39 is 16.4 Å². The fourth-order valence-corrected chi connectivity index (χ4v) is 5.82. The minimum Gasteiger partial charge on any atom is -0.363 e. The van der Waals surface area contributed by atoms with E-state index in [0.29, 0.717) is 29.7 Å². The van der Waals surface area contributed by atoms with Gasteiger partial charge in [-0.3, -0.25) is 9.00 Å². The second kappa shape index (κ2) is 12.3. The molecule has 2 aromatic rings. The van der Waals surface area contributed by atoms with E-state index in [2.05, 4.69) is 6.58 Å². The van der Waals surface area contributed by atoms with Crippen LogP contribution in [-0.4, -0.2) is 43.8 Å². The summed E-state index contributed by atoms with van der Waals surface area (Å²) in [5, 5.41) is 1.45. The molecule has 4 nitrogen and oxygen atoms in total. The fraction of sp³-hybridized carbons (Fsp3) is 0.483. The summed E-state index contributed by atoms with van der Waals surface area (Å²) < 4.78 is 18.8. The Morgan fingerprint density at radius 1 is 1.11 bits per heavy atom. The van der Waals surface area contributed by atoms with Crippen LogP contribution in [0.2, 0.25) is 10.0 Å². The van der Waals surface area contributed by atoms with Gasteiger partial charge in [-0.2, -0.15) is 0 Å². The maximum absolute atomic E-state index is 13.7. The lowest BCUT2D eigenvalue weighted by Crippen LogP contribution is -2.61. The van der Waals surface area contributed by atoms with Crippen molar-refractivity contribution >= 4 is 39.9 Å². The summed E-state index contributed by atoms with van der Waals surface area (Å²) in [5.41, 5.74) is 0.0664. The van der Waals surface area contributed by atoms with E-state index in [1.807, 2.05) is 87.2 Å². The summed E-state index contributed by atoms with van der Waals surface area (Å²) >= 11 is 11.6. The maximum atomic E-state index is 13.7. The number of hydrogen-bond acceptors (Lipinski definition) is 3. The van der Waals surface area contributed by atoms with Crippen molar-refractivity contribution in [1.82, 2.24) is 4.90 Å². The summed E-state index contributed by atoms with van der Waals surface area (Å²) in [6, 6.07) is 16.8. The zero-order chi connectivity index (χ0) is 26.5. The minimum atomic E-state index is -1.04. The highest BCUT2D eigenvalue weighted by Gasteiger charge is 2.51. The Labute approximate surface area is 228 Å². The molecule has 0 aromatic heterocycles. The van der Waals surface area contributed by atoms with E-state index in [-0.39, 0.29) is 22.7 Å². The molecule has 3 unspecified atom stereocenters. The second-order valence-electron chi connectivity index (χ2n) is 10.6. The molecular weight excluding hydrogens is 513 g/mol. The largest absolute Gasteiger partial charge is 0.363 e. The lowest BCUT2D eigenvalue weighted by atomic mass is 9.92. The highest BCUT2D eigenvalue weighted by molar-refractivity contribution is 7.86. The van der Waals surface area contributed by atoms with E-state index in [0.717, 1.165) is 23.4 Å². The zero-order valence-corrected chi connectivity index (χ0v) is 23.9. The van der Waals surface area contributed by atoms with Gasteiger partial charge in [0.15, 0.2) is 0 Å². The molecule has 7 heteroatoms. The Morgan fingerprint density at radius 2 is 1.69 bits per heavy atom. The molecule has 0 spiro atoms. The molecule has 1 amide bonds. The third kappa shape index (κ3) is 7.44. The van der Waals surface area contributed by atoms with Gasteiger partial charge in [-0.15, -0.1) is 6.58 Å². The first-order valence-corrected chi connectivity index (χ1v) is 14.5. The lowest BCUT2D eigenvalue weighted by Gasteiger charge is -2.48. The van der Waals surface area contributed by atoms with Crippen LogP contribution in [0, 0.1) is 5.92 Å². The predicted molar refractivity (Wildman–Crippen MR) is 151 cm³/mol. The number of carbonyl (C=O) groups is 1. The summed E-state index contributed by atoms with van der Waals surface area (Å²) in [6.07, 6.45) is 4.33. The molecule has 36 heavy (non-hydrogen) atoms. The van der Waals surface area contributed by atoms with Gasteiger partial charge in [-0.25, -0.2) is 0 Å². The van der Waals surface area contributed by atoms with Crippen LogP contribution in [0.5, 0.6) is 0 Å². The van der Waals surface area contributed by atoms with E-state index in [1.54, 1.807) is 6.08 Å². The van der Waals surface area contributed by atoms with Crippen molar-refractivity contribution < 1.29 is 13.7 Å². The van der Waals surface area contributed by atoms with Crippen molar-refractivity contribution in [3.8, 4) is 0 Å². The third-order valence-electron chi connectivity index (χ3n) is 6.63. The number of morpholine rings is 1. The van der Waals surface area contributed by atoms with Crippen molar-refractivity contribution in [3.63, 3.8) is 0 Å². The van der Waals surface area contributed by atoms with Crippen LogP contribution < -0.4 is 0 Å². The van der Waals surface area contributed by atoms with Crippen LogP contribution in [0.4, 0.5) is 0 Å². The topological polar surface area (TPSA) is 46.6 Å². The summed E-state index contributed by atoms with van der Waals surface area (Å²) in [5.74, 6) is 0.853. The molecule has 0 bridgehead atoms. The van der Waals surface area contributed by atoms with Crippen molar-refractivity contribution in [2.75, 3.05) is 12.4 Å². The molecule has 2 aliphatic rings. The number of hydrogen-bond donors (Lipinski definition) is 0. The number of rotatable bonds is 7. The molecule has 1 saturated carbocycles. The van der Waals surface area contributed by atoms with Crippen molar-refractivity contribution in [1.29, 1.82) is 0 Å². The van der Waals surface area contributed by atoms with E-state index in [9.17, 15) is 9.00 Å². The first kappa shape index (κ1) is 28.9. The maximum Gasteiger partial charge on any atom is 0.255 e. The van der Waals surface area contributed by atoms with Crippen molar-refractivity contribution in [2.45, 2.75) is 69.4 Å². The molecule has 2 fully saturated rings. The van der Waals surface area contributed by atoms with Crippen LogP contribution in [0.15, 0.2) is 67.3 Å². The van der Waals surface area contributed by atoms with Gasteiger partial charge >= 0.3 is 0 Å². The standard InChI is InChI=1S/C23H32ClNO3S.C6H5Cl/c1-6-13-23(5)21(26)25(19(14-28-23)16-9-11-18(24)12-10-16)20(17-7-8-17)15-29(27)22(2,3)4;7-6-4-2-1-3-5-6/h6,9-12,17,19-20H,1,7-8,13-15H2,2-5H3;1-5H/t19?,20?,23-,29?;/m0./s1. The van der Waals surface area contributed by atoms with Crippen molar-refractivity contribution in [3.05, 3.63) is 82.9 Å². The van der Waals surface area contributed by atoms with Gasteiger partial charge in [0.2, 0.25) is 0 Å². The summed E-state index contributed by atoms with van der Waals surface area (Å²) in [6.45, 7) is 12.0. The number of ether oxygens (including phenoxy) is 1. The molecule has 1 heterocycles. The molecule has 2 aromatic carbocycles. The van der Waals surface area contributed by atoms with Crippen LogP contribution >= 0.6 is 23.2 Å². The van der Waals surface area contributed by atoms with Gasteiger partial charge in [-0.05, 0) is 76.3 Å². The number of carbonyl (C=O) groups excluding carboxylic acids is 1. The third-order valence-corrected chi connectivity index (χ3v) is 9.15. The van der Waals surface area contributed by atoms with E-state index >= 15 is 0 Å². The Balaban J connectivity index is 0.000000444. The quantitative estimate of drug-likeness (QED) is 0.342. The monoisotopic (exact) mass is 549 g/mol. The van der Waals surface area contributed by atoms with Crippen LogP contribution in [-0.2, 0) is 20.3 Å². The van der Waals surface area contributed by atoms with Gasteiger partial charge in [0.25, 0.3) is 5.91 Å². The lowest BCUT2D eigenvalue weighted by molar-refractivity contribution is -0.181. The Bertz CT molecular complexity index is 1050. The van der Waals surface area contributed by atoms with Crippen LogP contribution in [0.3, 0.4) is 0 Å². The molecule has 0 N–H and O–H groups in total. The minimum absolute atomic E-state index is 0.0357. The van der Waals surface area contributed by atoms with E-state index in [1.165, 1.54) is 0 Å². The van der Waals surface area contributed by atoms with Gasteiger partial charge in [-0.1, -0.05) is 59.6 Å². The van der Waals surface area contributed by atoms with E-state index in [4.69, 9.17) is 27.9 Å². The van der Waals surface area contributed by atoms with Gasteiger partial charge in [0, 0.05) is 43.8 Å². The average Bonchev–Trinajstić information content (AvgIpc) is 3.66. The molecule has 1 aliphatic carbocycles. The number of nitrogens with zero attached hydrogens (tertiary/aromatic N) is 1. The second-order valence-corrected chi connectivity index (χ2v) is 13.8. The van der Waals surface area contributed by atoms with Crippen LogP contribution in [0.25, 0.3) is 0 Å². The SMILES string of the molecule is C=CC[C@]1(C)OCC(c2ccc(Cl)cc2)N(C(CS(=O)C(C)(C)C)C2CC2)C1=O.Clc1ccccc1. The Kier molecular flexibility index (Phi) is 9.84. The predicted octanol–water partition coefficient (Wildman–Crippen LogP) is 7.24. The number of halogens is 2.